The number of ether oxygens (including phenoxy) is 3. The summed E-state index contributed by atoms with van der Waals surface area (Å²) in [5.74, 6) is -1.28. The van der Waals surface area contributed by atoms with E-state index in [-0.39, 0.29) is 19.4 Å². The molecule has 1 fully saturated rings. The molecule has 8 unspecified atom stereocenters. The molecule has 6 N–H and O–H groups in total. The SMILES string of the molecule is CC/C=C\C/C=C\C/C=C\C/C=C\C/C=C\C/C=C\CCC(=O)OC1C(OCC(NC(=O)C(O)CCCCCCCCCCCCCCCCCC)C(O)/C=C/CCCCCCCCCCCC)OC(CO)C(O)C1O. The van der Waals surface area contributed by atoms with Crippen molar-refractivity contribution in [3.63, 3.8) is 0 Å². The molecule has 0 radical (unpaired) electrons. The second-order valence-electron chi connectivity index (χ2n) is 21.1. The summed E-state index contributed by atoms with van der Waals surface area (Å²) in [6, 6.07) is -1.04. The Labute approximate surface area is 463 Å². The average Bonchev–Trinajstić information content (AvgIpc) is 3.42. The van der Waals surface area contributed by atoms with E-state index >= 15 is 0 Å². The molecule has 0 aromatic carbocycles. The minimum Gasteiger partial charge on any atom is -0.454 e. The summed E-state index contributed by atoms with van der Waals surface area (Å²) in [5, 5.41) is 56.9. The first-order valence-electron chi connectivity index (χ1n) is 30.9. The topological polar surface area (TPSA) is 175 Å². The van der Waals surface area contributed by atoms with Gasteiger partial charge < -0.3 is 45.1 Å². The number of aliphatic hydroxyl groups is 5. The highest BCUT2D eigenvalue weighted by Crippen LogP contribution is 2.26. The standard InChI is InChI=1S/C65H113NO10/c1-4-7-10-13-16-19-22-25-27-29-30-31-33-35-38-41-44-47-50-53-60(70)76-63-62(72)61(71)59(54-67)75-65(63)74-55-56(57(68)51-48-45-42-39-36-24-21-18-15-12-9-6-3)66-64(73)58(69)52-49-46-43-40-37-34-32-28-26-23-20-17-14-11-8-5-2/h7,10,16,19,25,27,30-31,35,38,44,47-48,51,56-59,61-63,65,67-69,71-72H,4-6,8-9,11-15,17-18,20-24,26,28-29,32-34,36-37,39-43,45-46,49-50,52-55H2,1-3H3,(H,66,73)/b10-7-,19-16-,27-25-,31-30-,38-35-,47-44-,51-48+. The summed E-state index contributed by atoms with van der Waals surface area (Å²) in [5.41, 5.74) is 0. The van der Waals surface area contributed by atoms with Gasteiger partial charge in [0, 0.05) is 6.42 Å². The monoisotopic (exact) mass is 1070 g/mol. The van der Waals surface area contributed by atoms with Crippen LogP contribution in [-0.2, 0) is 23.8 Å². The molecule has 11 nitrogen and oxygen atoms in total. The minimum absolute atomic E-state index is 0.00381. The molecule has 76 heavy (non-hydrogen) atoms. The van der Waals surface area contributed by atoms with Crippen LogP contribution in [0.5, 0.6) is 0 Å². The third-order valence-corrected chi connectivity index (χ3v) is 14.1. The molecule has 1 saturated heterocycles. The highest BCUT2D eigenvalue weighted by Gasteiger charge is 2.47. The third kappa shape index (κ3) is 40.1. The van der Waals surface area contributed by atoms with E-state index in [0.29, 0.717) is 19.3 Å². The molecule has 0 bridgehead atoms. The highest BCUT2D eigenvalue weighted by molar-refractivity contribution is 5.80. The number of amides is 1. The van der Waals surface area contributed by atoms with Gasteiger partial charge in [0.2, 0.25) is 5.91 Å². The van der Waals surface area contributed by atoms with Crippen molar-refractivity contribution in [2.75, 3.05) is 13.2 Å². The van der Waals surface area contributed by atoms with E-state index in [1.807, 2.05) is 18.2 Å². The molecule has 1 heterocycles. The second kappa shape index (κ2) is 52.5. The number of esters is 1. The molecule has 0 spiro atoms. The van der Waals surface area contributed by atoms with Crippen LogP contribution >= 0.6 is 0 Å². The largest absolute Gasteiger partial charge is 0.454 e. The van der Waals surface area contributed by atoms with E-state index in [9.17, 15) is 35.1 Å². The van der Waals surface area contributed by atoms with Crippen LogP contribution in [0.4, 0.5) is 0 Å². The van der Waals surface area contributed by atoms with Gasteiger partial charge in [-0.3, -0.25) is 9.59 Å². The van der Waals surface area contributed by atoms with Crippen molar-refractivity contribution in [3.8, 4) is 0 Å². The maximum absolute atomic E-state index is 13.4. The fourth-order valence-corrected chi connectivity index (χ4v) is 9.21. The summed E-state index contributed by atoms with van der Waals surface area (Å²) in [4.78, 5) is 26.5. The zero-order valence-electron chi connectivity index (χ0n) is 48.3. The second-order valence-corrected chi connectivity index (χ2v) is 21.1. The van der Waals surface area contributed by atoms with Gasteiger partial charge in [0.15, 0.2) is 12.4 Å². The lowest BCUT2D eigenvalue weighted by molar-refractivity contribution is -0.305. The normalized spacial score (nSPS) is 19.7. The predicted molar refractivity (Wildman–Crippen MR) is 315 cm³/mol. The number of carbonyl (C=O) groups is 2. The number of allylic oxidation sites excluding steroid dienone is 13. The quantitative estimate of drug-likeness (QED) is 0.0195. The first-order valence-corrected chi connectivity index (χ1v) is 30.9. The van der Waals surface area contributed by atoms with E-state index in [4.69, 9.17) is 14.2 Å². The fraction of sp³-hybridized carbons (Fsp3) is 0.754. The summed E-state index contributed by atoms with van der Waals surface area (Å²) in [7, 11) is 0. The predicted octanol–water partition coefficient (Wildman–Crippen LogP) is 14.6. The van der Waals surface area contributed by atoms with Gasteiger partial charge in [0.05, 0.1) is 25.4 Å². The molecule has 438 valence electrons. The van der Waals surface area contributed by atoms with Crippen LogP contribution in [0, 0.1) is 0 Å². The molecule has 0 aliphatic carbocycles. The number of rotatable bonds is 51. The summed E-state index contributed by atoms with van der Waals surface area (Å²) >= 11 is 0. The fourth-order valence-electron chi connectivity index (χ4n) is 9.21. The van der Waals surface area contributed by atoms with Gasteiger partial charge in [-0.1, -0.05) is 266 Å². The van der Waals surface area contributed by atoms with Gasteiger partial charge in [-0.2, -0.15) is 0 Å². The Morgan fingerprint density at radius 2 is 0.947 bits per heavy atom. The maximum Gasteiger partial charge on any atom is 0.306 e. The Hall–Kier alpha value is -3.16. The van der Waals surface area contributed by atoms with Crippen molar-refractivity contribution < 1.29 is 49.3 Å². The number of nitrogens with one attached hydrogen (secondary N) is 1. The van der Waals surface area contributed by atoms with Crippen LogP contribution in [0.1, 0.15) is 252 Å². The summed E-state index contributed by atoms with van der Waals surface area (Å²) in [6.45, 7) is 5.64. The van der Waals surface area contributed by atoms with E-state index in [1.54, 1.807) is 6.08 Å². The third-order valence-electron chi connectivity index (χ3n) is 14.1. The number of unbranched alkanes of at least 4 members (excludes halogenated alkanes) is 25. The molecule has 1 aliphatic heterocycles. The van der Waals surface area contributed by atoms with Crippen molar-refractivity contribution in [3.05, 3.63) is 85.1 Å². The molecular weight excluding hydrogens is 955 g/mol. The molecule has 1 aliphatic rings. The smallest absolute Gasteiger partial charge is 0.306 e. The lowest BCUT2D eigenvalue weighted by Crippen LogP contribution is -2.61. The Morgan fingerprint density at radius 1 is 0.526 bits per heavy atom. The van der Waals surface area contributed by atoms with E-state index in [0.717, 1.165) is 70.6 Å². The van der Waals surface area contributed by atoms with Crippen LogP contribution in [0.25, 0.3) is 0 Å². The Bertz CT molecular complexity index is 1560. The first-order chi connectivity index (χ1) is 37.2. The van der Waals surface area contributed by atoms with Gasteiger partial charge in [-0.05, 0) is 64.2 Å². The number of hydrogen-bond acceptors (Lipinski definition) is 10. The van der Waals surface area contributed by atoms with Crippen molar-refractivity contribution in [1.29, 1.82) is 0 Å². The van der Waals surface area contributed by atoms with Crippen LogP contribution in [-0.4, -0.2) is 99.6 Å². The van der Waals surface area contributed by atoms with E-state index in [2.05, 4.69) is 86.8 Å². The van der Waals surface area contributed by atoms with Gasteiger partial charge in [-0.15, -0.1) is 0 Å². The zero-order chi connectivity index (χ0) is 55.4. The van der Waals surface area contributed by atoms with Gasteiger partial charge in [0.1, 0.15) is 24.4 Å². The average molecular weight is 1070 g/mol. The lowest BCUT2D eigenvalue weighted by atomic mass is 9.99. The zero-order valence-corrected chi connectivity index (χ0v) is 48.3. The Morgan fingerprint density at radius 3 is 1.39 bits per heavy atom. The van der Waals surface area contributed by atoms with Crippen molar-refractivity contribution in [2.24, 2.45) is 0 Å². The number of hydrogen-bond donors (Lipinski definition) is 6. The minimum atomic E-state index is -1.65. The summed E-state index contributed by atoms with van der Waals surface area (Å²) < 4.78 is 17.5. The molecule has 0 saturated carbocycles. The van der Waals surface area contributed by atoms with Gasteiger partial charge in [0.25, 0.3) is 0 Å². The number of aliphatic hydroxyl groups excluding tert-OH is 5. The van der Waals surface area contributed by atoms with Gasteiger partial charge in [-0.25, -0.2) is 0 Å². The molecule has 0 aromatic heterocycles. The molecule has 0 aromatic rings. The van der Waals surface area contributed by atoms with Crippen LogP contribution in [0.2, 0.25) is 0 Å². The Balaban J connectivity index is 2.73. The first kappa shape index (κ1) is 70.9. The Kier molecular flexibility index (Phi) is 49.0. The van der Waals surface area contributed by atoms with Crippen molar-refractivity contribution in [2.45, 2.75) is 301 Å². The highest BCUT2D eigenvalue weighted by atomic mass is 16.7. The molecule has 11 heteroatoms. The maximum atomic E-state index is 13.4. The molecule has 8 atom stereocenters. The summed E-state index contributed by atoms with van der Waals surface area (Å²) in [6.07, 6.45) is 57.7. The van der Waals surface area contributed by atoms with Crippen molar-refractivity contribution in [1.82, 2.24) is 5.32 Å². The lowest BCUT2D eigenvalue weighted by Gasteiger charge is -2.41. The van der Waals surface area contributed by atoms with Crippen molar-refractivity contribution >= 4 is 11.9 Å². The molecule has 1 rings (SSSR count). The van der Waals surface area contributed by atoms with Crippen LogP contribution in [0.3, 0.4) is 0 Å². The molecular formula is C65H113NO10. The van der Waals surface area contributed by atoms with Crippen LogP contribution < -0.4 is 5.32 Å². The number of carbonyl (C=O) groups excluding carboxylic acids is 2. The van der Waals surface area contributed by atoms with Gasteiger partial charge >= 0.3 is 5.97 Å². The van der Waals surface area contributed by atoms with Crippen LogP contribution in [0.15, 0.2) is 85.1 Å². The van der Waals surface area contributed by atoms with E-state index in [1.165, 1.54) is 128 Å². The van der Waals surface area contributed by atoms with E-state index < -0.39 is 67.4 Å². The molecule has 1 amide bonds.